The van der Waals surface area contributed by atoms with Crippen LogP contribution < -0.4 is 17.0 Å². The molecule has 10 unspecified atom stereocenters. The lowest BCUT2D eigenvalue weighted by atomic mass is 10.1. The molecule has 3 aliphatic heterocycles. The first-order valence-electron chi connectivity index (χ1n) is 13.0. The predicted octanol–water partition coefficient (Wildman–Crippen LogP) is -0.908. The van der Waals surface area contributed by atoms with Gasteiger partial charge in [0.2, 0.25) is 5.95 Å². The lowest BCUT2D eigenvalue weighted by Gasteiger charge is -2.26. The van der Waals surface area contributed by atoms with E-state index in [9.17, 15) is 33.9 Å². The fourth-order valence-electron chi connectivity index (χ4n) is 5.30. The Hall–Kier alpha value is -2.66. The number of nitrogens with two attached hydrogens (primary N) is 2. The molecule has 0 spiro atoms. The van der Waals surface area contributed by atoms with Crippen molar-refractivity contribution >= 4 is 73.3 Å². The highest BCUT2D eigenvalue weighted by Crippen LogP contribution is 2.58. The maximum atomic E-state index is 13.3. The SMILES string of the molecule is Nc1nc2c(ncn2C2SC3COP(=O)(O)OC4C(COP(=O)(O)OC2C3O)SC(n2cnc3c(N)ncnc32)C4O)c(=O)[nH]1. The van der Waals surface area contributed by atoms with Gasteiger partial charge in [0.15, 0.2) is 22.6 Å². The standard InChI is InChI=1S/C20H24N10O11P2S2/c21-14-8-15(24-3-23-14)29(4-25-8)18-11(32)12-7(45-18)2-39-43(36,37)41-13-10(31)6(1-38-42(34,35)40-12)44-19(13)30-5-26-9-16(30)27-20(22)28-17(9)33/h3-7,10-13,18-19,31-32H,1-2H2,(H,34,35)(H,36,37)(H2,21,23,24)(H3,22,27,28,33). The number of nitrogens with zero attached hydrogens (tertiary/aromatic N) is 7. The average Bonchev–Trinajstić information content (AvgIpc) is 3.72. The summed E-state index contributed by atoms with van der Waals surface area (Å²) in [5.41, 5.74) is 11.3. The quantitative estimate of drug-likeness (QED) is 0.124. The summed E-state index contributed by atoms with van der Waals surface area (Å²) in [6.07, 6.45) is -2.25. The van der Waals surface area contributed by atoms with Gasteiger partial charge in [-0.2, -0.15) is 4.98 Å². The third-order valence-corrected chi connectivity index (χ3v) is 12.4. The Morgan fingerprint density at radius 2 is 1.47 bits per heavy atom. The molecule has 3 aliphatic rings. The van der Waals surface area contributed by atoms with E-state index in [1.807, 2.05) is 0 Å². The number of hydrogen-bond acceptors (Lipinski definition) is 18. The summed E-state index contributed by atoms with van der Waals surface area (Å²) in [7, 11) is -9.91. The number of aromatic nitrogens is 8. The maximum absolute atomic E-state index is 13.3. The lowest BCUT2D eigenvalue weighted by Crippen LogP contribution is -2.35. The maximum Gasteiger partial charge on any atom is 0.472 e. The van der Waals surface area contributed by atoms with Gasteiger partial charge in [0.05, 0.1) is 42.5 Å². The number of imidazole rings is 2. The number of anilines is 2. The second-order valence-electron chi connectivity index (χ2n) is 10.1. The fourth-order valence-corrected chi connectivity index (χ4v) is 10.6. The van der Waals surface area contributed by atoms with Crippen LogP contribution >= 0.6 is 39.2 Å². The Morgan fingerprint density at radius 1 is 0.844 bits per heavy atom. The van der Waals surface area contributed by atoms with Crippen molar-refractivity contribution in [2.45, 2.75) is 45.7 Å². The molecule has 7 rings (SSSR count). The molecule has 0 amide bonds. The van der Waals surface area contributed by atoms with Crippen LogP contribution in [0.25, 0.3) is 22.3 Å². The van der Waals surface area contributed by atoms with Crippen molar-refractivity contribution in [1.29, 1.82) is 0 Å². The van der Waals surface area contributed by atoms with E-state index >= 15 is 0 Å². The van der Waals surface area contributed by atoms with Gasteiger partial charge < -0.3 is 31.5 Å². The Kier molecular flexibility index (Phi) is 7.74. The smallest absolute Gasteiger partial charge is 0.389 e. The predicted molar refractivity (Wildman–Crippen MR) is 156 cm³/mol. The second kappa shape index (κ2) is 11.2. The number of phosphoric acid groups is 2. The van der Waals surface area contributed by atoms with Gasteiger partial charge >= 0.3 is 15.6 Å². The molecule has 3 fully saturated rings. The first kappa shape index (κ1) is 31.0. The van der Waals surface area contributed by atoms with Gasteiger partial charge in [-0.1, -0.05) is 0 Å². The van der Waals surface area contributed by atoms with Crippen LogP contribution in [0.4, 0.5) is 11.8 Å². The van der Waals surface area contributed by atoms with E-state index in [-0.39, 0.29) is 34.1 Å². The highest BCUT2D eigenvalue weighted by atomic mass is 32.2. The minimum absolute atomic E-state index is 0.00799. The molecule has 4 aromatic heterocycles. The number of aliphatic hydroxyl groups is 2. The van der Waals surface area contributed by atoms with E-state index in [1.165, 1.54) is 28.1 Å². The molecule has 21 nitrogen and oxygen atoms in total. The Balaban J connectivity index is 1.21. The average molecular weight is 707 g/mol. The normalized spacial score (nSPS) is 37.7. The molecule has 4 aromatic rings. The van der Waals surface area contributed by atoms with Crippen LogP contribution in [0.5, 0.6) is 0 Å². The third kappa shape index (κ3) is 5.55. The molecule has 0 aromatic carbocycles. The first-order valence-corrected chi connectivity index (χ1v) is 17.8. The van der Waals surface area contributed by atoms with Crippen molar-refractivity contribution in [1.82, 2.24) is 39.0 Å². The minimum Gasteiger partial charge on any atom is -0.389 e. The molecular weight excluding hydrogens is 682 g/mol. The first-order chi connectivity index (χ1) is 21.3. The number of nitrogens with one attached hydrogen (secondary N) is 1. The molecule has 0 radical (unpaired) electrons. The van der Waals surface area contributed by atoms with E-state index in [0.29, 0.717) is 0 Å². The van der Waals surface area contributed by atoms with Crippen molar-refractivity contribution in [3.05, 3.63) is 29.3 Å². The monoisotopic (exact) mass is 706 g/mol. The summed E-state index contributed by atoms with van der Waals surface area (Å²) >= 11 is 1.91. The number of aromatic amines is 1. The van der Waals surface area contributed by atoms with Crippen molar-refractivity contribution in [3.63, 3.8) is 0 Å². The molecule has 25 heteroatoms. The van der Waals surface area contributed by atoms with E-state index in [2.05, 4.69) is 29.9 Å². The summed E-state index contributed by atoms with van der Waals surface area (Å²) < 4.78 is 50.6. The summed E-state index contributed by atoms with van der Waals surface area (Å²) in [4.78, 5) is 56.4. The number of thioether (sulfide) groups is 2. The van der Waals surface area contributed by atoms with E-state index in [0.717, 1.165) is 23.5 Å². The third-order valence-electron chi connectivity index (χ3n) is 7.32. The molecule has 2 bridgehead atoms. The zero-order chi connectivity index (χ0) is 31.8. The zero-order valence-corrected chi connectivity index (χ0v) is 25.8. The zero-order valence-electron chi connectivity index (χ0n) is 22.4. The van der Waals surface area contributed by atoms with Gasteiger partial charge in [-0.15, -0.1) is 23.5 Å². The summed E-state index contributed by atoms with van der Waals surface area (Å²) in [6.45, 7) is -1.21. The van der Waals surface area contributed by atoms with Crippen LogP contribution in [-0.4, -0.2) is 107 Å². The topological polar surface area (TPSA) is 311 Å². The van der Waals surface area contributed by atoms with E-state index in [4.69, 9.17) is 29.6 Å². The number of nitrogen functional groups attached to an aromatic ring is 2. The Labute approximate surface area is 258 Å². The van der Waals surface area contributed by atoms with Crippen molar-refractivity contribution < 1.29 is 47.2 Å². The molecule has 7 heterocycles. The lowest BCUT2D eigenvalue weighted by molar-refractivity contribution is 0.00299. The van der Waals surface area contributed by atoms with Gasteiger partial charge in [-0.25, -0.2) is 29.1 Å². The number of fused-ring (bicyclic) bond motifs is 5. The highest BCUT2D eigenvalue weighted by Gasteiger charge is 2.53. The molecule has 3 saturated heterocycles. The van der Waals surface area contributed by atoms with Gasteiger partial charge in [0.25, 0.3) is 5.56 Å². The minimum atomic E-state index is -4.98. The van der Waals surface area contributed by atoms with Gasteiger partial charge in [-0.05, 0) is 0 Å². The summed E-state index contributed by atoms with van der Waals surface area (Å²) in [5, 5.41) is 18.3. The van der Waals surface area contributed by atoms with Gasteiger partial charge in [0, 0.05) is 0 Å². The van der Waals surface area contributed by atoms with E-state index in [1.54, 1.807) is 0 Å². The van der Waals surface area contributed by atoms with Crippen LogP contribution in [0.2, 0.25) is 0 Å². The molecular formula is C20H24N10O11P2S2. The largest absolute Gasteiger partial charge is 0.472 e. The Morgan fingerprint density at radius 3 is 2.20 bits per heavy atom. The number of H-pyrrole nitrogens is 1. The van der Waals surface area contributed by atoms with Crippen molar-refractivity contribution in [3.8, 4) is 0 Å². The van der Waals surface area contributed by atoms with Crippen LogP contribution in [-0.2, 0) is 27.2 Å². The van der Waals surface area contributed by atoms with Crippen LogP contribution in [0.1, 0.15) is 10.7 Å². The summed E-state index contributed by atoms with van der Waals surface area (Å²) in [5.74, 6) is -0.136. The van der Waals surface area contributed by atoms with Crippen molar-refractivity contribution in [2.24, 2.45) is 0 Å². The number of hydrogen-bond donors (Lipinski definition) is 7. The molecule has 9 N–H and O–H groups in total. The van der Waals surface area contributed by atoms with Gasteiger partial charge in [0.1, 0.15) is 40.9 Å². The fraction of sp³-hybridized carbons (Fsp3) is 0.500. The molecule has 242 valence electrons. The van der Waals surface area contributed by atoms with Crippen LogP contribution in [0.3, 0.4) is 0 Å². The van der Waals surface area contributed by atoms with E-state index < -0.39 is 80.1 Å². The molecule has 10 atom stereocenters. The summed E-state index contributed by atoms with van der Waals surface area (Å²) in [6, 6.07) is 0. The molecule has 0 aliphatic carbocycles. The van der Waals surface area contributed by atoms with Crippen LogP contribution in [0, 0.1) is 0 Å². The number of phosphoric ester groups is 2. The van der Waals surface area contributed by atoms with Gasteiger partial charge in [-0.3, -0.25) is 37.0 Å². The van der Waals surface area contributed by atoms with Crippen molar-refractivity contribution in [2.75, 3.05) is 24.7 Å². The molecule has 45 heavy (non-hydrogen) atoms. The number of aliphatic hydroxyl groups excluding tert-OH is 2. The van der Waals surface area contributed by atoms with Crippen LogP contribution in [0.15, 0.2) is 23.8 Å². The second-order valence-corrected chi connectivity index (χ2v) is 15.7. The highest BCUT2D eigenvalue weighted by molar-refractivity contribution is 8.00. The molecule has 0 saturated carbocycles. The Bertz CT molecular complexity index is 1940. The number of rotatable bonds is 2.